The molecule has 0 unspecified atom stereocenters. The molecule has 2 rings (SSSR count). The summed E-state index contributed by atoms with van der Waals surface area (Å²) in [6, 6.07) is 0. The van der Waals surface area contributed by atoms with E-state index in [2.05, 4.69) is 6.92 Å². The average molecular weight is 331 g/mol. The average Bonchev–Trinajstić information content (AvgIpc) is 2.55. The molecule has 22 heavy (non-hydrogen) atoms. The number of esters is 1. The van der Waals surface area contributed by atoms with Gasteiger partial charge in [0.05, 0.1) is 11.7 Å². The lowest BCUT2D eigenvalue weighted by Crippen LogP contribution is -2.42. The highest BCUT2D eigenvalue weighted by atomic mass is 32.2. The molecule has 1 heterocycles. The second-order valence-corrected chi connectivity index (χ2v) is 8.76. The first-order valence-electron chi connectivity index (χ1n) is 8.66. The first-order chi connectivity index (χ1) is 10.5. The number of hydrogen-bond donors (Lipinski definition) is 0. The summed E-state index contributed by atoms with van der Waals surface area (Å²) in [5.41, 5.74) is 0. The van der Waals surface area contributed by atoms with E-state index >= 15 is 0 Å². The SMILES string of the molecule is CC[C@@H]1CCCC[C@@H]1OC(=O)C1CCN(S(=O)(=O)CC)CC1. The second-order valence-electron chi connectivity index (χ2n) is 6.50. The Hall–Kier alpha value is -0.620. The van der Waals surface area contributed by atoms with Crippen LogP contribution in [0.1, 0.15) is 58.8 Å². The largest absolute Gasteiger partial charge is 0.462 e. The molecule has 0 aromatic rings. The van der Waals surface area contributed by atoms with Crippen LogP contribution in [0.4, 0.5) is 0 Å². The number of ether oxygens (including phenoxy) is 1. The maximum atomic E-state index is 12.4. The van der Waals surface area contributed by atoms with Gasteiger partial charge in [-0.2, -0.15) is 0 Å². The van der Waals surface area contributed by atoms with Crippen molar-refractivity contribution >= 4 is 16.0 Å². The molecule has 0 amide bonds. The Labute approximate surface area is 134 Å². The molecule has 1 aliphatic heterocycles. The fourth-order valence-corrected chi connectivity index (χ4v) is 4.73. The summed E-state index contributed by atoms with van der Waals surface area (Å²) >= 11 is 0. The molecule has 1 aliphatic carbocycles. The van der Waals surface area contributed by atoms with Gasteiger partial charge in [-0.1, -0.05) is 13.3 Å². The zero-order chi connectivity index (χ0) is 16.2. The van der Waals surface area contributed by atoms with Gasteiger partial charge in [-0.05, 0) is 51.4 Å². The summed E-state index contributed by atoms with van der Waals surface area (Å²) in [5.74, 6) is 0.377. The fraction of sp³-hybridized carbons (Fsp3) is 0.938. The molecule has 2 fully saturated rings. The van der Waals surface area contributed by atoms with Crippen LogP contribution in [0.25, 0.3) is 0 Å². The number of carbonyl (C=O) groups excluding carboxylic acids is 1. The summed E-state index contributed by atoms with van der Waals surface area (Å²) in [7, 11) is -3.13. The smallest absolute Gasteiger partial charge is 0.309 e. The van der Waals surface area contributed by atoms with Crippen LogP contribution in [-0.4, -0.2) is 43.6 Å². The van der Waals surface area contributed by atoms with Crippen LogP contribution < -0.4 is 0 Å². The van der Waals surface area contributed by atoms with Crippen LogP contribution in [0, 0.1) is 11.8 Å². The maximum absolute atomic E-state index is 12.4. The van der Waals surface area contributed by atoms with Crippen molar-refractivity contribution in [2.45, 2.75) is 64.9 Å². The van der Waals surface area contributed by atoms with Crippen LogP contribution in [0.5, 0.6) is 0 Å². The molecule has 1 saturated carbocycles. The molecule has 2 atom stereocenters. The third-order valence-electron chi connectivity index (χ3n) is 5.18. The molecule has 0 aromatic carbocycles. The number of sulfonamides is 1. The fourth-order valence-electron chi connectivity index (χ4n) is 3.59. The van der Waals surface area contributed by atoms with E-state index in [0.717, 1.165) is 25.7 Å². The van der Waals surface area contributed by atoms with Crippen molar-refractivity contribution < 1.29 is 17.9 Å². The van der Waals surface area contributed by atoms with Crippen molar-refractivity contribution in [3.8, 4) is 0 Å². The highest BCUT2D eigenvalue weighted by Gasteiger charge is 2.34. The minimum absolute atomic E-state index is 0.0728. The Bertz CT molecular complexity index is 469. The molecule has 6 heteroatoms. The summed E-state index contributed by atoms with van der Waals surface area (Å²) in [6.07, 6.45) is 6.81. The molecule has 0 spiro atoms. The van der Waals surface area contributed by atoms with Gasteiger partial charge in [-0.25, -0.2) is 12.7 Å². The minimum atomic E-state index is -3.13. The first-order valence-corrected chi connectivity index (χ1v) is 10.3. The Morgan fingerprint density at radius 2 is 1.73 bits per heavy atom. The molecule has 2 aliphatic rings. The Balaban J connectivity index is 1.84. The van der Waals surface area contributed by atoms with E-state index in [-0.39, 0.29) is 23.7 Å². The lowest BCUT2D eigenvalue weighted by Gasteiger charge is -2.34. The minimum Gasteiger partial charge on any atom is -0.462 e. The Morgan fingerprint density at radius 1 is 1.09 bits per heavy atom. The van der Waals surface area contributed by atoms with Gasteiger partial charge in [-0.15, -0.1) is 0 Å². The predicted octanol–water partition coefficient (Wildman–Crippen LogP) is 2.56. The number of rotatable bonds is 5. The monoisotopic (exact) mass is 331 g/mol. The van der Waals surface area contributed by atoms with E-state index in [9.17, 15) is 13.2 Å². The third-order valence-corrected chi connectivity index (χ3v) is 7.06. The number of nitrogens with zero attached hydrogens (tertiary/aromatic N) is 1. The predicted molar refractivity (Wildman–Crippen MR) is 85.9 cm³/mol. The standard InChI is InChI=1S/C16H29NO4S/c1-3-13-7-5-6-8-15(13)21-16(18)14-9-11-17(12-10-14)22(19,20)4-2/h13-15H,3-12H2,1-2H3/t13-,15+/m1/s1. The zero-order valence-corrected chi connectivity index (χ0v) is 14.6. The molecular weight excluding hydrogens is 302 g/mol. The molecule has 1 saturated heterocycles. The molecular formula is C16H29NO4S. The van der Waals surface area contributed by atoms with Gasteiger partial charge in [0.25, 0.3) is 0 Å². The van der Waals surface area contributed by atoms with Crippen molar-refractivity contribution in [2.24, 2.45) is 11.8 Å². The van der Waals surface area contributed by atoms with Gasteiger partial charge < -0.3 is 4.74 Å². The van der Waals surface area contributed by atoms with E-state index in [0.29, 0.717) is 31.8 Å². The molecule has 5 nitrogen and oxygen atoms in total. The van der Waals surface area contributed by atoms with Gasteiger partial charge in [0.2, 0.25) is 10.0 Å². The quantitative estimate of drug-likeness (QED) is 0.726. The number of piperidine rings is 1. The van der Waals surface area contributed by atoms with Crippen molar-refractivity contribution in [3.05, 3.63) is 0 Å². The zero-order valence-electron chi connectivity index (χ0n) is 13.8. The van der Waals surface area contributed by atoms with Gasteiger partial charge in [0, 0.05) is 13.1 Å². The van der Waals surface area contributed by atoms with Crippen LogP contribution in [-0.2, 0) is 19.6 Å². The van der Waals surface area contributed by atoms with Gasteiger partial charge in [-0.3, -0.25) is 4.79 Å². The van der Waals surface area contributed by atoms with Gasteiger partial charge in [0.1, 0.15) is 6.10 Å². The van der Waals surface area contributed by atoms with Crippen LogP contribution >= 0.6 is 0 Å². The molecule has 0 N–H and O–H groups in total. The summed E-state index contributed by atoms with van der Waals surface area (Å²) < 4.78 is 31.0. The summed E-state index contributed by atoms with van der Waals surface area (Å²) in [4.78, 5) is 12.4. The number of hydrogen-bond acceptors (Lipinski definition) is 4. The van der Waals surface area contributed by atoms with E-state index in [4.69, 9.17) is 4.74 Å². The van der Waals surface area contributed by atoms with E-state index in [1.165, 1.54) is 10.7 Å². The lowest BCUT2D eigenvalue weighted by atomic mass is 9.84. The molecule has 0 aromatic heterocycles. The van der Waals surface area contributed by atoms with Gasteiger partial charge >= 0.3 is 5.97 Å². The highest BCUT2D eigenvalue weighted by molar-refractivity contribution is 7.89. The van der Waals surface area contributed by atoms with Crippen LogP contribution in [0.2, 0.25) is 0 Å². The third kappa shape index (κ3) is 4.22. The normalized spacial score (nSPS) is 28.5. The van der Waals surface area contributed by atoms with Crippen molar-refractivity contribution in [2.75, 3.05) is 18.8 Å². The Morgan fingerprint density at radius 3 is 2.32 bits per heavy atom. The summed E-state index contributed by atoms with van der Waals surface area (Å²) in [5, 5.41) is 0. The topological polar surface area (TPSA) is 63.7 Å². The lowest BCUT2D eigenvalue weighted by molar-refractivity contribution is -0.160. The number of carbonyl (C=O) groups is 1. The van der Waals surface area contributed by atoms with Crippen molar-refractivity contribution in [3.63, 3.8) is 0 Å². The van der Waals surface area contributed by atoms with Crippen LogP contribution in [0.15, 0.2) is 0 Å². The van der Waals surface area contributed by atoms with E-state index in [1.807, 2.05) is 0 Å². The maximum Gasteiger partial charge on any atom is 0.309 e. The summed E-state index contributed by atoms with van der Waals surface area (Å²) in [6.45, 7) is 4.70. The van der Waals surface area contributed by atoms with Crippen molar-refractivity contribution in [1.82, 2.24) is 4.31 Å². The van der Waals surface area contributed by atoms with Crippen LogP contribution in [0.3, 0.4) is 0 Å². The Kier molecular flexibility index (Phi) is 6.26. The molecule has 0 radical (unpaired) electrons. The van der Waals surface area contributed by atoms with Crippen molar-refractivity contribution in [1.29, 1.82) is 0 Å². The van der Waals surface area contributed by atoms with E-state index in [1.54, 1.807) is 6.92 Å². The molecule has 128 valence electrons. The highest BCUT2D eigenvalue weighted by Crippen LogP contribution is 2.31. The van der Waals surface area contributed by atoms with Gasteiger partial charge in [0.15, 0.2) is 0 Å². The first kappa shape index (κ1) is 17.7. The molecule has 0 bridgehead atoms. The van der Waals surface area contributed by atoms with E-state index < -0.39 is 10.0 Å². The second kappa shape index (κ2) is 7.77.